The van der Waals surface area contributed by atoms with Gasteiger partial charge in [0, 0.05) is 24.0 Å². The lowest BCUT2D eigenvalue weighted by Gasteiger charge is -2.41. The van der Waals surface area contributed by atoms with Crippen molar-refractivity contribution < 1.29 is 49.3 Å². The Morgan fingerprint density at radius 2 is 1.21 bits per heavy atom. The lowest BCUT2D eigenvalue weighted by molar-refractivity contribution is -0.229. The van der Waals surface area contributed by atoms with Crippen LogP contribution in [0.1, 0.15) is 63.9 Å². The Morgan fingerprint density at radius 3 is 1.74 bits per heavy atom. The van der Waals surface area contributed by atoms with Gasteiger partial charge in [-0.1, -0.05) is 13.0 Å². The summed E-state index contributed by atoms with van der Waals surface area (Å²) in [5.41, 5.74) is -2.94. The summed E-state index contributed by atoms with van der Waals surface area (Å²) in [5.74, 6) is -4.81. The number of benzene rings is 2. The lowest BCUT2D eigenvalue weighted by Crippen LogP contribution is -2.40. The van der Waals surface area contributed by atoms with Crippen molar-refractivity contribution in [2.45, 2.75) is 76.9 Å². The first-order chi connectivity index (χ1) is 19.8. The van der Waals surface area contributed by atoms with Crippen LogP contribution < -0.4 is 4.74 Å². The monoisotopic (exact) mass is 606 g/mol. The first-order valence-corrected chi connectivity index (χ1v) is 14.5. The minimum Gasteiger partial charge on any atom is -0.432 e. The zero-order chi connectivity index (χ0) is 30.2. The van der Waals surface area contributed by atoms with Crippen LogP contribution in [-0.4, -0.2) is 25.6 Å². The molecule has 42 heavy (non-hydrogen) atoms. The Kier molecular flexibility index (Phi) is 9.09. The van der Waals surface area contributed by atoms with Gasteiger partial charge in [-0.3, -0.25) is 0 Å². The van der Waals surface area contributed by atoms with Crippen molar-refractivity contribution in [1.82, 2.24) is 0 Å². The quantitative estimate of drug-likeness (QED) is 0.307. The van der Waals surface area contributed by atoms with Crippen molar-refractivity contribution in [3.8, 4) is 16.9 Å². The Labute approximate surface area is 239 Å². The van der Waals surface area contributed by atoms with Crippen molar-refractivity contribution in [2.75, 3.05) is 13.2 Å². The molecule has 2 saturated carbocycles. The van der Waals surface area contributed by atoms with Crippen molar-refractivity contribution in [3.05, 3.63) is 53.3 Å². The predicted molar refractivity (Wildman–Crippen MR) is 138 cm³/mol. The Bertz CT molecular complexity index is 1200. The highest BCUT2D eigenvalue weighted by atomic mass is 19.4. The number of hydrogen-bond acceptors (Lipinski definition) is 3. The van der Waals surface area contributed by atoms with Crippen molar-refractivity contribution >= 4 is 0 Å². The molecule has 0 spiro atoms. The van der Waals surface area contributed by atoms with Gasteiger partial charge in [0.1, 0.15) is 23.2 Å². The fraction of sp³-hybridized carbons (Fsp3) is 0.613. The summed E-state index contributed by atoms with van der Waals surface area (Å²) in [7, 11) is 0. The molecule has 0 radical (unpaired) electrons. The van der Waals surface area contributed by atoms with Crippen LogP contribution in [-0.2, 0) is 15.7 Å². The van der Waals surface area contributed by atoms with Gasteiger partial charge in [0.15, 0.2) is 6.29 Å². The van der Waals surface area contributed by atoms with Gasteiger partial charge in [0.05, 0.1) is 30.3 Å². The van der Waals surface area contributed by atoms with E-state index in [1.54, 1.807) is 0 Å². The first-order valence-electron chi connectivity index (χ1n) is 14.5. The van der Waals surface area contributed by atoms with Gasteiger partial charge in [0.25, 0.3) is 0 Å². The molecule has 11 heteroatoms. The van der Waals surface area contributed by atoms with E-state index in [0.717, 1.165) is 25.7 Å². The van der Waals surface area contributed by atoms with E-state index >= 15 is 8.78 Å². The molecule has 0 bridgehead atoms. The number of ether oxygens (including phenoxy) is 3. The third-order valence-corrected chi connectivity index (χ3v) is 9.04. The van der Waals surface area contributed by atoms with E-state index in [4.69, 9.17) is 14.2 Å². The van der Waals surface area contributed by atoms with E-state index < -0.39 is 58.1 Å². The maximum atomic E-state index is 15.1. The molecule has 5 rings (SSSR count). The molecule has 1 aliphatic heterocycles. The molecule has 2 aromatic rings. The maximum Gasteiger partial charge on any atom is 0.419 e. The highest BCUT2D eigenvalue weighted by Gasteiger charge is 2.45. The van der Waals surface area contributed by atoms with Crippen molar-refractivity contribution in [1.29, 1.82) is 0 Å². The van der Waals surface area contributed by atoms with Crippen molar-refractivity contribution in [3.63, 3.8) is 0 Å². The number of halogens is 8. The molecule has 232 valence electrons. The average Bonchev–Trinajstić information content (AvgIpc) is 2.92. The number of hydrogen-bond donors (Lipinski definition) is 0. The van der Waals surface area contributed by atoms with Crippen LogP contribution in [0.25, 0.3) is 11.1 Å². The molecule has 3 nitrogen and oxygen atoms in total. The standard InChI is InChI=1S/C31H34F8O3/c1-17-15-40-29(41-16-17)20-4-2-18(3-5-20)19-6-9-22(10-7-19)31(38,39)42-23-13-26(33)28(27(34)14-23)21-8-11-24(25(32)12-21)30(35,36)37/h8,11-14,17-20,22,29H,2-7,9-10,15-16H2,1H3. The zero-order valence-corrected chi connectivity index (χ0v) is 23.2. The predicted octanol–water partition coefficient (Wildman–Crippen LogP) is 9.38. The summed E-state index contributed by atoms with van der Waals surface area (Å²) in [6.07, 6.45) is -3.24. The van der Waals surface area contributed by atoms with E-state index in [-0.39, 0.29) is 19.1 Å². The summed E-state index contributed by atoms with van der Waals surface area (Å²) in [6, 6.07) is 2.50. The Hall–Kier alpha value is -2.40. The van der Waals surface area contributed by atoms with Gasteiger partial charge < -0.3 is 14.2 Å². The van der Waals surface area contributed by atoms with Gasteiger partial charge in [-0.15, -0.1) is 0 Å². The second-order valence-electron chi connectivity index (χ2n) is 12.0. The molecule has 0 atom stereocenters. The molecule has 2 aliphatic carbocycles. The third-order valence-electron chi connectivity index (χ3n) is 9.04. The summed E-state index contributed by atoms with van der Waals surface area (Å²) in [4.78, 5) is 0. The highest BCUT2D eigenvalue weighted by Crippen LogP contribution is 2.46. The van der Waals surface area contributed by atoms with Crippen LogP contribution >= 0.6 is 0 Å². The molecule has 0 aromatic heterocycles. The zero-order valence-electron chi connectivity index (χ0n) is 23.2. The second kappa shape index (κ2) is 12.3. The molecule has 0 unspecified atom stereocenters. The summed E-state index contributed by atoms with van der Waals surface area (Å²) in [6.45, 7) is 3.49. The molecule has 3 fully saturated rings. The second-order valence-corrected chi connectivity index (χ2v) is 12.0. The van der Waals surface area contributed by atoms with Crippen LogP contribution in [0.5, 0.6) is 5.75 Å². The van der Waals surface area contributed by atoms with E-state index in [1.165, 1.54) is 0 Å². The summed E-state index contributed by atoms with van der Waals surface area (Å²) in [5, 5.41) is 0. The molecule has 3 aliphatic rings. The number of rotatable bonds is 6. The van der Waals surface area contributed by atoms with E-state index in [1.807, 2.05) is 0 Å². The smallest absolute Gasteiger partial charge is 0.419 e. The highest BCUT2D eigenvalue weighted by molar-refractivity contribution is 5.66. The molecule has 2 aromatic carbocycles. The van der Waals surface area contributed by atoms with Crippen LogP contribution in [0.15, 0.2) is 30.3 Å². The Morgan fingerprint density at radius 1 is 0.690 bits per heavy atom. The van der Waals surface area contributed by atoms with E-state index in [0.29, 0.717) is 80.1 Å². The van der Waals surface area contributed by atoms with Gasteiger partial charge in [-0.25, -0.2) is 13.2 Å². The van der Waals surface area contributed by atoms with Gasteiger partial charge in [-0.2, -0.15) is 22.0 Å². The third kappa shape index (κ3) is 6.87. The normalized spacial score (nSPS) is 29.4. The molecule has 0 N–H and O–H groups in total. The largest absolute Gasteiger partial charge is 0.432 e. The van der Waals surface area contributed by atoms with Crippen molar-refractivity contribution in [2.24, 2.45) is 29.6 Å². The van der Waals surface area contributed by atoms with E-state index in [2.05, 4.69) is 6.92 Å². The van der Waals surface area contributed by atoms with Crippen LogP contribution in [0.4, 0.5) is 35.1 Å². The summed E-state index contributed by atoms with van der Waals surface area (Å²) >= 11 is 0. The SMILES string of the molecule is CC1COC(C2CCC(C3CCC(C(F)(F)Oc4cc(F)c(-c5ccc(C(F)(F)F)c(F)c5)c(F)c4)CC3)CC2)OC1. The van der Waals surface area contributed by atoms with Gasteiger partial charge in [-0.05, 0) is 80.9 Å². The molecule has 1 heterocycles. The molecular weight excluding hydrogens is 572 g/mol. The first kappa shape index (κ1) is 31.0. The maximum absolute atomic E-state index is 15.1. The van der Waals surface area contributed by atoms with Crippen LogP contribution in [0.3, 0.4) is 0 Å². The molecule has 1 saturated heterocycles. The Balaban J connectivity index is 1.16. The molecular formula is C31H34F8O3. The fourth-order valence-electron chi connectivity index (χ4n) is 6.73. The van der Waals surface area contributed by atoms with Crippen LogP contribution in [0.2, 0.25) is 0 Å². The topological polar surface area (TPSA) is 27.7 Å². The fourth-order valence-corrected chi connectivity index (χ4v) is 6.73. The van der Waals surface area contributed by atoms with Gasteiger partial charge in [0.2, 0.25) is 0 Å². The summed E-state index contributed by atoms with van der Waals surface area (Å²) < 4.78 is 129. The molecule has 0 amide bonds. The van der Waals surface area contributed by atoms with Gasteiger partial charge >= 0.3 is 12.3 Å². The minimum absolute atomic E-state index is 0.159. The average molecular weight is 607 g/mol. The minimum atomic E-state index is -4.99. The number of alkyl halides is 5. The van der Waals surface area contributed by atoms with Crippen LogP contribution in [0, 0.1) is 47.0 Å². The lowest BCUT2D eigenvalue weighted by atomic mass is 9.69. The van der Waals surface area contributed by atoms with E-state index in [9.17, 15) is 26.3 Å².